The fourth-order valence-corrected chi connectivity index (χ4v) is 5.74. The summed E-state index contributed by atoms with van der Waals surface area (Å²) >= 11 is 0. The topological polar surface area (TPSA) is 27.7 Å². The van der Waals surface area contributed by atoms with E-state index in [4.69, 9.17) is 9.47 Å². The van der Waals surface area contributed by atoms with Crippen LogP contribution in [-0.4, -0.2) is 13.2 Å². The van der Waals surface area contributed by atoms with E-state index in [1.54, 1.807) is 0 Å². The van der Waals surface area contributed by atoms with Gasteiger partial charge in [-0.3, -0.25) is 0 Å². The highest BCUT2D eigenvalue weighted by molar-refractivity contribution is 5.67. The van der Waals surface area contributed by atoms with Crippen LogP contribution >= 0.6 is 0 Å². The van der Waals surface area contributed by atoms with Crippen LogP contribution in [-0.2, 0) is 22.0 Å². The highest BCUT2D eigenvalue weighted by atomic mass is 19.3. The minimum Gasteiger partial charge on any atom is -0.429 e. The second kappa shape index (κ2) is 15.6. The van der Waals surface area contributed by atoms with Gasteiger partial charge in [0.15, 0.2) is 6.29 Å². The average molecular weight is 691 g/mol. The molecule has 11 heteroatoms. The summed E-state index contributed by atoms with van der Waals surface area (Å²) < 4.78 is 136. The van der Waals surface area contributed by atoms with E-state index in [-0.39, 0.29) is 40.2 Å². The lowest BCUT2D eigenvalue weighted by molar-refractivity contribution is -0.206. The third-order valence-electron chi connectivity index (χ3n) is 8.33. The van der Waals surface area contributed by atoms with Crippen molar-refractivity contribution in [3.8, 4) is 28.0 Å². The number of rotatable bonds is 13. The molecule has 0 N–H and O–H groups in total. The van der Waals surface area contributed by atoms with E-state index in [1.165, 1.54) is 18.2 Å². The molecule has 3 nitrogen and oxygen atoms in total. The summed E-state index contributed by atoms with van der Waals surface area (Å²) in [5.41, 5.74) is -2.80. The molecule has 1 aliphatic heterocycles. The van der Waals surface area contributed by atoms with Crippen molar-refractivity contribution in [1.82, 2.24) is 0 Å². The van der Waals surface area contributed by atoms with Gasteiger partial charge >= 0.3 is 6.11 Å². The van der Waals surface area contributed by atoms with E-state index >= 15 is 22.0 Å². The van der Waals surface area contributed by atoms with E-state index in [9.17, 15) is 13.2 Å². The molecule has 49 heavy (non-hydrogen) atoms. The van der Waals surface area contributed by atoms with Crippen LogP contribution in [0.3, 0.4) is 0 Å². The Hall–Kier alpha value is -4.22. The normalized spacial score (nSPS) is 16.5. The third kappa shape index (κ3) is 8.33. The standard InChI is InChI=1S/C38H34F8O3/c1-3-5-7-8-22-20-47-37(48-21-22)23-10-12-27(30(39)14-23)25-17-34(43)36(35(44)18-25)38(45,46)49-26-11-13-28(33(42)19-26)24-15-31(40)29(9-6-4-2)32(41)16-24/h4,10-19,22,37H,2-3,5-9,20-21H2,1H3. The molecular weight excluding hydrogens is 656 g/mol. The SMILES string of the molecule is C=CCCc1c(F)cc(-c2ccc(OC(F)(F)c3c(F)cc(-c4ccc(C5OCC(CCCCC)CO5)cc4F)cc3F)cc2F)cc1F. The summed E-state index contributed by atoms with van der Waals surface area (Å²) in [6, 6.07) is 8.97. The van der Waals surface area contributed by atoms with Crippen LogP contribution in [0, 0.1) is 40.8 Å². The van der Waals surface area contributed by atoms with Gasteiger partial charge in [0, 0.05) is 34.2 Å². The Morgan fingerprint density at radius 2 is 1.33 bits per heavy atom. The first-order valence-electron chi connectivity index (χ1n) is 15.9. The van der Waals surface area contributed by atoms with Crippen LogP contribution in [0.1, 0.15) is 62.0 Å². The summed E-state index contributed by atoms with van der Waals surface area (Å²) in [4.78, 5) is 0. The first kappa shape index (κ1) is 36.1. The average Bonchev–Trinajstić information content (AvgIpc) is 3.04. The molecule has 4 aromatic carbocycles. The van der Waals surface area contributed by atoms with E-state index in [0.717, 1.165) is 56.0 Å². The maximum Gasteiger partial charge on any atom is 0.432 e. The molecule has 0 aromatic heterocycles. The molecule has 5 rings (SSSR count). The molecule has 0 unspecified atom stereocenters. The molecule has 0 amide bonds. The predicted octanol–water partition coefficient (Wildman–Crippen LogP) is 11.3. The lowest BCUT2D eigenvalue weighted by Crippen LogP contribution is -2.27. The number of allylic oxidation sites excluding steroid dienone is 1. The van der Waals surface area contributed by atoms with Gasteiger partial charge in [0.2, 0.25) is 0 Å². The Bertz CT molecular complexity index is 1750. The number of halogens is 8. The molecule has 1 fully saturated rings. The van der Waals surface area contributed by atoms with Gasteiger partial charge in [-0.05, 0) is 72.9 Å². The van der Waals surface area contributed by atoms with Crippen molar-refractivity contribution in [2.24, 2.45) is 5.92 Å². The molecule has 4 aromatic rings. The van der Waals surface area contributed by atoms with Crippen LogP contribution in [0.5, 0.6) is 5.75 Å². The summed E-state index contributed by atoms with van der Waals surface area (Å²) in [5, 5.41) is 0. The second-order valence-corrected chi connectivity index (χ2v) is 11.9. The zero-order chi connectivity index (χ0) is 35.3. The number of ether oxygens (including phenoxy) is 3. The summed E-state index contributed by atoms with van der Waals surface area (Å²) in [7, 11) is 0. The molecule has 1 saturated heterocycles. The van der Waals surface area contributed by atoms with Crippen molar-refractivity contribution in [3.63, 3.8) is 0 Å². The molecule has 1 heterocycles. The number of alkyl halides is 2. The number of hydrogen-bond acceptors (Lipinski definition) is 3. The zero-order valence-corrected chi connectivity index (χ0v) is 26.6. The molecule has 0 radical (unpaired) electrons. The third-order valence-corrected chi connectivity index (χ3v) is 8.33. The zero-order valence-electron chi connectivity index (χ0n) is 26.6. The van der Waals surface area contributed by atoms with Crippen molar-refractivity contribution in [3.05, 3.63) is 125 Å². The van der Waals surface area contributed by atoms with Crippen molar-refractivity contribution >= 4 is 0 Å². The van der Waals surface area contributed by atoms with Gasteiger partial charge in [-0.25, -0.2) is 26.3 Å². The number of benzene rings is 4. The van der Waals surface area contributed by atoms with Gasteiger partial charge in [-0.1, -0.05) is 44.4 Å². The van der Waals surface area contributed by atoms with Crippen LogP contribution in [0.2, 0.25) is 0 Å². The lowest BCUT2D eigenvalue weighted by Gasteiger charge is -2.29. The summed E-state index contributed by atoms with van der Waals surface area (Å²) in [6.07, 6.45) is 0.557. The Morgan fingerprint density at radius 3 is 1.88 bits per heavy atom. The molecule has 0 atom stereocenters. The quantitative estimate of drug-likeness (QED) is 0.0794. The second-order valence-electron chi connectivity index (χ2n) is 11.9. The Kier molecular flexibility index (Phi) is 11.4. The Labute approximate surface area is 279 Å². The van der Waals surface area contributed by atoms with Gasteiger partial charge in [-0.2, -0.15) is 8.78 Å². The van der Waals surface area contributed by atoms with Crippen molar-refractivity contribution in [2.45, 2.75) is 57.8 Å². The van der Waals surface area contributed by atoms with E-state index in [0.29, 0.717) is 43.4 Å². The van der Waals surface area contributed by atoms with Gasteiger partial charge < -0.3 is 14.2 Å². The fraction of sp³-hybridized carbons (Fsp3) is 0.316. The van der Waals surface area contributed by atoms with Crippen LogP contribution in [0.4, 0.5) is 35.1 Å². The number of hydrogen-bond donors (Lipinski definition) is 0. The first-order chi connectivity index (χ1) is 23.4. The van der Waals surface area contributed by atoms with Gasteiger partial charge in [0.25, 0.3) is 0 Å². The van der Waals surface area contributed by atoms with Crippen molar-refractivity contribution in [2.75, 3.05) is 13.2 Å². The molecule has 0 saturated carbocycles. The number of unbranched alkanes of at least 4 members (excludes halogenated alkanes) is 2. The largest absolute Gasteiger partial charge is 0.432 e. The molecule has 260 valence electrons. The minimum absolute atomic E-state index is 0.0338. The maximum atomic E-state index is 15.2. The van der Waals surface area contributed by atoms with E-state index in [2.05, 4.69) is 18.2 Å². The summed E-state index contributed by atoms with van der Waals surface area (Å²) in [5.74, 6) is -7.99. The van der Waals surface area contributed by atoms with Gasteiger partial charge in [0.05, 0.1) is 13.2 Å². The van der Waals surface area contributed by atoms with Crippen LogP contribution in [0.25, 0.3) is 22.3 Å². The predicted molar refractivity (Wildman–Crippen MR) is 169 cm³/mol. The Morgan fingerprint density at radius 1 is 0.755 bits per heavy atom. The highest BCUT2D eigenvalue weighted by Gasteiger charge is 2.41. The van der Waals surface area contributed by atoms with Gasteiger partial charge in [0.1, 0.15) is 46.2 Å². The Balaban J connectivity index is 1.30. The molecule has 0 spiro atoms. The first-order valence-corrected chi connectivity index (χ1v) is 15.9. The van der Waals surface area contributed by atoms with Crippen molar-refractivity contribution in [1.29, 1.82) is 0 Å². The molecule has 0 aliphatic carbocycles. The highest BCUT2D eigenvalue weighted by Crippen LogP contribution is 2.39. The van der Waals surface area contributed by atoms with Gasteiger partial charge in [-0.15, -0.1) is 6.58 Å². The molecule has 1 aliphatic rings. The van der Waals surface area contributed by atoms with Crippen LogP contribution < -0.4 is 4.74 Å². The molecule has 0 bridgehead atoms. The maximum absolute atomic E-state index is 15.2. The monoisotopic (exact) mass is 690 g/mol. The minimum atomic E-state index is -4.64. The van der Waals surface area contributed by atoms with Crippen LogP contribution in [0.15, 0.2) is 73.3 Å². The smallest absolute Gasteiger partial charge is 0.429 e. The van der Waals surface area contributed by atoms with Crippen molar-refractivity contribution < 1.29 is 49.3 Å². The fourth-order valence-electron chi connectivity index (χ4n) is 5.74. The summed E-state index contributed by atoms with van der Waals surface area (Å²) in [6.45, 7) is 6.48. The lowest BCUT2D eigenvalue weighted by atomic mass is 9.99. The molecular formula is C38H34F8O3. The van der Waals surface area contributed by atoms with E-state index < -0.39 is 58.6 Å². The van der Waals surface area contributed by atoms with E-state index in [1.807, 2.05) is 0 Å².